The normalized spacial score (nSPS) is 14.2. The van der Waals surface area contributed by atoms with Crippen molar-refractivity contribution in [3.05, 3.63) is 89.7 Å². The van der Waals surface area contributed by atoms with E-state index in [4.69, 9.17) is 0 Å². The first-order valence-electron chi connectivity index (χ1n) is 11.2. The average Bonchev–Trinajstić information content (AvgIpc) is 2.85. The van der Waals surface area contributed by atoms with Crippen LogP contribution >= 0.6 is 0 Å². The molecule has 0 N–H and O–H groups in total. The zero-order valence-electron chi connectivity index (χ0n) is 19.3. The van der Waals surface area contributed by atoms with Crippen molar-refractivity contribution in [1.82, 2.24) is 4.90 Å². The Morgan fingerprint density at radius 2 is 1.53 bits per heavy atom. The van der Waals surface area contributed by atoms with Crippen molar-refractivity contribution >= 4 is 27.3 Å². The van der Waals surface area contributed by atoms with Gasteiger partial charge in [-0.2, -0.15) is 0 Å². The van der Waals surface area contributed by atoms with Crippen molar-refractivity contribution in [3.8, 4) is 0 Å². The molecule has 34 heavy (non-hydrogen) atoms. The highest BCUT2D eigenvalue weighted by molar-refractivity contribution is 7.92. The van der Waals surface area contributed by atoms with E-state index in [9.17, 15) is 17.6 Å². The minimum absolute atomic E-state index is 0.130. The van der Waals surface area contributed by atoms with E-state index < -0.39 is 10.0 Å². The molecule has 1 fully saturated rings. The van der Waals surface area contributed by atoms with Gasteiger partial charge >= 0.3 is 0 Å². The van der Waals surface area contributed by atoms with Gasteiger partial charge in [-0.15, -0.1) is 0 Å². The molecule has 1 saturated heterocycles. The lowest BCUT2D eigenvalue weighted by Crippen LogP contribution is -2.52. The summed E-state index contributed by atoms with van der Waals surface area (Å²) in [6.07, 6.45) is 0. The smallest absolute Gasteiger partial charge is 0.264 e. The molecule has 0 unspecified atom stereocenters. The first kappa shape index (κ1) is 23.8. The average molecular weight is 482 g/mol. The Bertz CT molecular complexity index is 1270. The fraction of sp³-hybridized carbons (Fsp3) is 0.269. The summed E-state index contributed by atoms with van der Waals surface area (Å²) >= 11 is 0. The monoisotopic (exact) mass is 481 g/mol. The zero-order valence-corrected chi connectivity index (χ0v) is 20.1. The van der Waals surface area contributed by atoms with Crippen LogP contribution in [-0.2, 0) is 14.8 Å². The van der Waals surface area contributed by atoms with Crippen molar-refractivity contribution in [2.24, 2.45) is 0 Å². The number of carbonyl (C=O) groups is 1. The fourth-order valence-corrected chi connectivity index (χ4v) is 5.47. The Morgan fingerprint density at radius 3 is 2.18 bits per heavy atom. The molecule has 4 rings (SSSR count). The molecule has 6 nitrogen and oxygen atoms in total. The highest BCUT2D eigenvalue weighted by atomic mass is 32.2. The molecule has 0 saturated carbocycles. The molecular formula is C26H28FN3O3S. The van der Waals surface area contributed by atoms with E-state index in [1.807, 2.05) is 24.8 Å². The van der Waals surface area contributed by atoms with E-state index in [1.165, 1.54) is 22.5 Å². The predicted molar refractivity (Wildman–Crippen MR) is 132 cm³/mol. The van der Waals surface area contributed by atoms with Crippen molar-refractivity contribution in [3.63, 3.8) is 0 Å². The number of anilines is 2. The number of carbonyl (C=O) groups excluding carboxylic acids is 1. The topological polar surface area (TPSA) is 60.9 Å². The van der Waals surface area contributed by atoms with Crippen LogP contribution in [0.4, 0.5) is 15.8 Å². The van der Waals surface area contributed by atoms with Gasteiger partial charge in [0, 0.05) is 26.2 Å². The van der Waals surface area contributed by atoms with Gasteiger partial charge in [0.05, 0.1) is 16.3 Å². The van der Waals surface area contributed by atoms with Gasteiger partial charge in [0.25, 0.3) is 10.0 Å². The summed E-state index contributed by atoms with van der Waals surface area (Å²) < 4.78 is 42.4. The highest BCUT2D eigenvalue weighted by Gasteiger charge is 2.30. The Hall–Kier alpha value is -3.39. The quantitative estimate of drug-likeness (QED) is 0.534. The first-order valence-corrected chi connectivity index (χ1v) is 12.6. The molecule has 0 spiro atoms. The summed E-state index contributed by atoms with van der Waals surface area (Å²) in [7, 11) is -3.95. The number of hydrogen-bond acceptors (Lipinski definition) is 4. The largest absolute Gasteiger partial charge is 0.366 e. The molecule has 3 aromatic rings. The summed E-state index contributed by atoms with van der Waals surface area (Å²) in [6.45, 7) is 5.28. The maximum absolute atomic E-state index is 14.1. The number of piperazine rings is 1. The predicted octanol–water partition coefficient (Wildman–Crippen LogP) is 3.99. The molecule has 178 valence electrons. The second kappa shape index (κ2) is 9.85. The van der Waals surface area contributed by atoms with Crippen molar-refractivity contribution in [2.75, 3.05) is 41.9 Å². The Kier molecular flexibility index (Phi) is 6.88. The number of benzene rings is 3. The molecule has 1 amide bonds. The van der Waals surface area contributed by atoms with Crippen molar-refractivity contribution < 1.29 is 17.6 Å². The number of sulfonamides is 1. The number of nitrogens with zero attached hydrogens (tertiary/aromatic N) is 3. The van der Waals surface area contributed by atoms with Gasteiger partial charge in [-0.3, -0.25) is 9.10 Å². The third-order valence-electron chi connectivity index (χ3n) is 6.21. The summed E-state index contributed by atoms with van der Waals surface area (Å²) in [5.74, 6) is -0.580. The van der Waals surface area contributed by atoms with E-state index >= 15 is 0 Å². The van der Waals surface area contributed by atoms with Gasteiger partial charge < -0.3 is 9.80 Å². The van der Waals surface area contributed by atoms with Crippen LogP contribution in [-0.4, -0.2) is 51.9 Å². The van der Waals surface area contributed by atoms with Gasteiger partial charge in [-0.05, 0) is 61.4 Å². The minimum Gasteiger partial charge on any atom is -0.366 e. The molecule has 0 bridgehead atoms. The van der Waals surface area contributed by atoms with Gasteiger partial charge in [-0.25, -0.2) is 12.8 Å². The number of amides is 1. The Labute approximate surface area is 200 Å². The SMILES string of the molecule is Cc1ccc(N(CC(=O)N2CCN(c3ccccc3F)CC2)S(=O)(=O)c2ccccc2)cc1C. The lowest BCUT2D eigenvalue weighted by molar-refractivity contribution is -0.129. The number of halogens is 1. The maximum atomic E-state index is 14.1. The molecule has 3 aromatic carbocycles. The van der Waals surface area contributed by atoms with E-state index in [-0.39, 0.29) is 23.2 Å². The van der Waals surface area contributed by atoms with E-state index in [2.05, 4.69) is 0 Å². The Morgan fingerprint density at radius 1 is 0.882 bits per heavy atom. The zero-order chi connectivity index (χ0) is 24.3. The molecule has 1 aliphatic heterocycles. The fourth-order valence-electron chi connectivity index (χ4n) is 4.04. The van der Waals surface area contributed by atoms with E-state index in [0.717, 1.165) is 11.1 Å². The minimum atomic E-state index is -3.95. The summed E-state index contributed by atoms with van der Waals surface area (Å²) in [5, 5.41) is 0. The maximum Gasteiger partial charge on any atom is 0.264 e. The van der Waals surface area contributed by atoms with Crippen LogP contribution in [0, 0.1) is 19.7 Å². The van der Waals surface area contributed by atoms with Crippen molar-refractivity contribution in [1.29, 1.82) is 0 Å². The molecule has 1 aliphatic rings. The molecule has 0 radical (unpaired) electrons. The third-order valence-corrected chi connectivity index (χ3v) is 8.00. The van der Waals surface area contributed by atoms with Crippen LogP contribution < -0.4 is 9.21 Å². The van der Waals surface area contributed by atoms with Crippen LogP contribution in [0.15, 0.2) is 77.7 Å². The standard InChI is InChI=1S/C26H28FN3O3S/c1-20-12-13-22(18-21(20)2)30(34(32,33)23-8-4-3-5-9-23)19-26(31)29-16-14-28(15-17-29)25-11-7-6-10-24(25)27/h3-13,18H,14-17,19H2,1-2H3. The number of aryl methyl sites for hydroxylation is 2. The van der Waals surface area contributed by atoms with Crippen LogP contribution in [0.25, 0.3) is 0 Å². The molecule has 1 heterocycles. The summed E-state index contributed by atoms with van der Waals surface area (Å²) in [4.78, 5) is 16.9. The van der Waals surface area contributed by atoms with Crippen LogP contribution in [0.2, 0.25) is 0 Å². The van der Waals surface area contributed by atoms with Gasteiger partial charge in [0.15, 0.2) is 0 Å². The molecular weight excluding hydrogens is 453 g/mol. The van der Waals surface area contributed by atoms with Gasteiger partial charge in [0.2, 0.25) is 5.91 Å². The van der Waals surface area contributed by atoms with Crippen LogP contribution in [0.5, 0.6) is 0 Å². The first-order chi connectivity index (χ1) is 16.3. The lowest BCUT2D eigenvalue weighted by atomic mass is 10.1. The second-order valence-electron chi connectivity index (χ2n) is 8.41. The van der Waals surface area contributed by atoms with Gasteiger partial charge in [0.1, 0.15) is 12.4 Å². The number of rotatable bonds is 6. The van der Waals surface area contributed by atoms with Crippen molar-refractivity contribution in [2.45, 2.75) is 18.7 Å². The van der Waals surface area contributed by atoms with Crippen LogP contribution in [0.1, 0.15) is 11.1 Å². The number of hydrogen-bond donors (Lipinski definition) is 0. The summed E-state index contributed by atoms with van der Waals surface area (Å²) in [6, 6.07) is 20.1. The molecule has 0 aromatic heterocycles. The Balaban J connectivity index is 1.55. The van der Waals surface area contributed by atoms with Gasteiger partial charge in [-0.1, -0.05) is 36.4 Å². The number of para-hydroxylation sites is 1. The highest BCUT2D eigenvalue weighted by Crippen LogP contribution is 2.26. The third kappa shape index (κ3) is 4.92. The molecule has 0 atom stereocenters. The molecule has 0 aliphatic carbocycles. The van der Waals surface area contributed by atoms with E-state index in [0.29, 0.717) is 37.6 Å². The van der Waals surface area contributed by atoms with Crippen LogP contribution in [0.3, 0.4) is 0 Å². The second-order valence-corrected chi connectivity index (χ2v) is 10.3. The summed E-state index contributed by atoms with van der Waals surface area (Å²) in [5.41, 5.74) is 2.94. The van der Waals surface area contributed by atoms with E-state index in [1.54, 1.807) is 53.4 Å². The lowest BCUT2D eigenvalue weighted by Gasteiger charge is -2.37. The molecule has 8 heteroatoms.